The van der Waals surface area contributed by atoms with Gasteiger partial charge in [-0.3, -0.25) is 14.5 Å². The Morgan fingerprint density at radius 3 is 2.52 bits per heavy atom. The molecule has 1 aliphatic rings. The summed E-state index contributed by atoms with van der Waals surface area (Å²) in [5, 5.41) is 5.02. The number of anilines is 3. The van der Waals surface area contributed by atoms with E-state index in [4.69, 9.17) is 9.47 Å². The molecule has 33 heavy (non-hydrogen) atoms. The van der Waals surface area contributed by atoms with Gasteiger partial charge >= 0.3 is 5.97 Å². The van der Waals surface area contributed by atoms with Gasteiger partial charge in [-0.05, 0) is 49.2 Å². The van der Waals surface area contributed by atoms with Crippen LogP contribution in [0.1, 0.15) is 35.8 Å². The first-order chi connectivity index (χ1) is 16.0. The standard InChI is InChI=1S/C24H23N3O5S/c1-15(28)27(20-5-3-4-6-21(20)31-2)24-26-19(14-33-24)13-32-23(30)17-9-11-18(12-10-17)25-22(29)16-7-8-16/h3-6,9-12,14,16H,7-8,13H2,1-2H3,(H,25,29). The number of amides is 2. The van der Waals surface area contributed by atoms with Gasteiger partial charge in [0.05, 0.1) is 24.1 Å². The van der Waals surface area contributed by atoms with E-state index in [1.807, 2.05) is 12.1 Å². The molecule has 1 heterocycles. The molecule has 0 radical (unpaired) electrons. The summed E-state index contributed by atoms with van der Waals surface area (Å²) < 4.78 is 10.7. The molecule has 1 aromatic heterocycles. The summed E-state index contributed by atoms with van der Waals surface area (Å²) in [6.07, 6.45) is 1.86. The Hall–Kier alpha value is -3.72. The predicted octanol–water partition coefficient (Wildman–Crippen LogP) is 4.54. The zero-order valence-corrected chi connectivity index (χ0v) is 19.1. The maximum atomic E-state index is 12.4. The average Bonchev–Trinajstić information content (AvgIpc) is 3.58. The molecular weight excluding hydrogens is 442 g/mol. The van der Waals surface area contributed by atoms with Gasteiger partial charge in [-0.25, -0.2) is 9.78 Å². The molecule has 2 amide bonds. The minimum absolute atomic E-state index is 0.0115. The Balaban J connectivity index is 1.39. The van der Waals surface area contributed by atoms with E-state index in [2.05, 4.69) is 10.3 Å². The summed E-state index contributed by atoms with van der Waals surface area (Å²) in [7, 11) is 1.54. The number of aromatic nitrogens is 1. The van der Waals surface area contributed by atoms with Crippen LogP contribution in [-0.4, -0.2) is 29.9 Å². The van der Waals surface area contributed by atoms with Crippen molar-refractivity contribution in [3.8, 4) is 5.75 Å². The van der Waals surface area contributed by atoms with E-state index in [1.54, 1.807) is 41.8 Å². The highest BCUT2D eigenvalue weighted by Crippen LogP contribution is 2.35. The van der Waals surface area contributed by atoms with Crippen molar-refractivity contribution in [3.05, 3.63) is 65.2 Å². The van der Waals surface area contributed by atoms with Crippen LogP contribution in [0.3, 0.4) is 0 Å². The minimum Gasteiger partial charge on any atom is -0.495 e. The summed E-state index contributed by atoms with van der Waals surface area (Å²) in [5.74, 6) is -0.0476. The highest BCUT2D eigenvalue weighted by molar-refractivity contribution is 7.14. The van der Waals surface area contributed by atoms with Crippen LogP contribution < -0.4 is 15.0 Å². The fourth-order valence-corrected chi connectivity index (χ4v) is 4.05. The normalized spacial score (nSPS) is 12.7. The molecule has 0 saturated heterocycles. The highest BCUT2D eigenvalue weighted by Gasteiger charge is 2.29. The van der Waals surface area contributed by atoms with Crippen molar-refractivity contribution in [2.45, 2.75) is 26.4 Å². The van der Waals surface area contributed by atoms with Crippen LogP contribution in [0.5, 0.6) is 5.75 Å². The number of hydrogen-bond donors (Lipinski definition) is 1. The summed E-state index contributed by atoms with van der Waals surface area (Å²) in [4.78, 5) is 42.5. The first-order valence-electron chi connectivity index (χ1n) is 10.4. The number of carbonyl (C=O) groups excluding carboxylic acids is 3. The molecule has 0 unspecified atom stereocenters. The third-order valence-corrected chi connectivity index (χ3v) is 5.93. The summed E-state index contributed by atoms with van der Waals surface area (Å²) in [6, 6.07) is 13.7. The molecule has 0 atom stereocenters. The number of rotatable bonds is 8. The maximum Gasteiger partial charge on any atom is 0.338 e. The van der Waals surface area contributed by atoms with Gasteiger partial charge in [-0.15, -0.1) is 11.3 Å². The van der Waals surface area contributed by atoms with Gasteiger partial charge < -0.3 is 14.8 Å². The summed E-state index contributed by atoms with van der Waals surface area (Å²) in [5.41, 5.74) is 2.12. The number of hydrogen-bond acceptors (Lipinski definition) is 7. The van der Waals surface area contributed by atoms with Crippen molar-refractivity contribution >= 4 is 45.6 Å². The van der Waals surface area contributed by atoms with Crippen molar-refractivity contribution in [2.24, 2.45) is 5.92 Å². The number of thiazole rings is 1. The van der Waals surface area contributed by atoms with E-state index in [0.717, 1.165) is 12.8 Å². The van der Waals surface area contributed by atoms with Crippen LogP contribution >= 0.6 is 11.3 Å². The van der Waals surface area contributed by atoms with Gasteiger partial charge in [0.2, 0.25) is 11.8 Å². The van der Waals surface area contributed by atoms with Crippen LogP contribution in [0, 0.1) is 5.92 Å². The summed E-state index contributed by atoms with van der Waals surface area (Å²) in [6.45, 7) is 1.41. The zero-order chi connectivity index (χ0) is 23.4. The SMILES string of the molecule is COc1ccccc1N(C(C)=O)c1nc(COC(=O)c2ccc(NC(=O)C3CC3)cc2)cs1. The topological polar surface area (TPSA) is 97.8 Å². The van der Waals surface area contributed by atoms with Gasteiger partial charge in [0.25, 0.3) is 0 Å². The number of ether oxygens (including phenoxy) is 2. The van der Waals surface area contributed by atoms with Crippen LogP contribution in [-0.2, 0) is 20.9 Å². The number of carbonyl (C=O) groups is 3. The number of nitrogens with one attached hydrogen (secondary N) is 1. The average molecular weight is 466 g/mol. The molecule has 4 rings (SSSR count). The fraction of sp³-hybridized carbons (Fsp3) is 0.250. The summed E-state index contributed by atoms with van der Waals surface area (Å²) >= 11 is 1.27. The van der Waals surface area contributed by atoms with Crippen molar-refractivity contribution < 1.29 is 23.9 Å². The Morgan fingerprint density at radius 1 is 1.12 bits per heavy atom. The van der Waals surface area contributed by atoms with E-state index in [1.165, 1.54) is 30.3 Å². The number of benzene rings is 2. The fourth-order valence-electron chi connectivity index (χ4n) is 3.19. The Kier molecular flexibility index (Phi) is 6.69. The van der Waals surface area contributed by atoms with Crippen LogP contribution in [0.2, 0.25) is 0 Å². The van der Waals surface area contributed by atoms with Crippen LogP contribution in [0.4, 0.5) is 16.5 Å². The molecule has 0 bridgehead atoms. The van der Waals surface area contributed by atoms with Gasteiger partial charge in [0.15, 0.2) is 5.13 Å². The Labute approximate surface area is 195 Å². The van der Waals surface area contributed by atoms with Gasteiger partial charge in [0, 0.05) is 23.9 Å². The number of para-hydroxylation sites is 2. The first-order valence-corrected chi connectivity index (χ1v) is 11.3. The van der Waals surface area contributed by atoms with E-state index in [0.29, 0.717) is 33.5 Å². The third-order valence-electron chi connectivity index (χ3n) is 5.06. The van der Waals surface area contributed by atoms with Gasteiger partial charge in [-0.2, -0.15) is 0 Å². The predicted molar refractivity (Wildman–Crippen MR) is 125 cm³/mol. The van der Waals surface area contributed by atoms with Crippen molar-refractivity contribution in [2.75, 3.05) is 17.3 Å². The molecule has 170 valence electrons. The molecule has 9 heteroatoms. The van der Waals surface area contributed by atoms with E-state index in [9.17, 15) is 14.4 Å². The monoisotopic (exact) mass is 465 g/mol. The number of esters is 1. The van der Waals surface area contributed by atoms with Crippen molar-refractivity contribution in [3.63, 3.8) is 0 Å². The molecule has 3 aromatic rings. The lowest BCUT2D eigenvalue weighted by atomic mass is 10.2. The molecule has 8 nitrogen and oxygen atoms in total. The molecule has 1 aliphatic carbocycles. The Bertz CT molecular complexity index is 1170. The van der Waals surface area contributed by atoms with Gasteiger partial charge in [-0.1, -0.05) is 12.1 Å². The molecular formula is C24H23N3O5S. The second-order valence-corrected chi connectivity index (χ2v) is 8.40. The maximum absolute atomic E-state index is 12.4. The molecule has 0 aliphatic heterocycles. The van der Waals surface area contributed by atoms with Crippen LogP contribution in [0.25, 0.3) is 0 Å². The van der Waals surface area contributed by atoms with Crippen LogP contribution in [0.15, 0.2) is 53.9 Å². The quantitative estimate of drug-likeness (QED) is 0.491. The lowest BCUT2D eigenvalue weighted by molar-refractivity contribution is -0.117. The Morgan fingerprint density at radius 2 is 1.85 bits per heavy atom. The zero-order valence-electron chi connectivity index (χ0n) is 18.2. The van der Waals surface area contributed by atoms with E-state index < -0.39 is 5.97 Å². The number of nitrogens with zero attached hydrogens (tertiary/aromatic N) is 2. The number of methoxy groups -OCH3 is 1. The lowest BCUT2D eigenvalue weighted by Crippen LogP contribution is -2.23. The first kappa shape index (κ1) is 22.5. The van der Waals surface area contributed by atoms with E-state index >= 15 is 0 Å². The third kappa shape index (κ3) is 5.38. The molecule has 1 N–H and O–H groups in total. The molecule has 2 aromatic carbocycles. The minimum atomic E-state index is -0.502. The largest absolute Gasteiger partial charge is 0.495 e. The van der Waals surface area contributed by atoms with Crippen molar-refractivity contribution in [1.29, 1.82) is 0 Å². The highest BCUT2D eigenvalue weighted by atomic mass is 32.1. The van der Waals surface area contributed by atoms with Crippen molar-refractivity contribution in [1.82, 2.24) is 4.98 Å². The molecule has 1 fully saturated rings. The second-order valence-electron chi connectivity index (χ2n) is 7.56. The lowest BCUT2D eigenvalue weighted by Gasteiger charge is -2.20. The van der Waals surface area contributed by atoms with Gasteiger partial charge in [0.1, 0.15) is 12.4 Å². The molecule has 0 spiro atoms. The second kappa shape index (κ2) is 9.83. The molecule has 1 saturated carbocycles. The smallest absolute Gasteiger partial charge is 0.338 e. The van der Waals surface area contributed by atoms with E-state index in [-0.39, 0.29) is 24.3 Å².